The van der Waals surface area contributed by atoms with Crippen molar-refractivity contribution in [3.05, 3.63) is 64.2 Å². The number of thioether (sulfide) groups is 1. The SMILES string of the molecule is CCOc1ccc(Cc2cc([C@@H]3O[C@H](SC)[C@H](O)[C@H](O)[C@H]3O)ccc2Cl)cc1. The van der Waals surface area contributed by atoms with Crippen molar-refractivity contribution >= 4 is 23.4 Å². The first kappa shape index (κ1) is 21.4. The third-order valence-corrected chi connectivity index (χ3v) is 6.05. The molecule has 1 heterocycles. The van der Waals surface area contributed by atoms with E-state index in [-0.39, 0.29) is 0 Å². The maximum atomic E-state index is 10.4. The lowest BCUT2D eigenvalue weighted by atomic mass is 9.92. The molecule has 0 radical (unpaired) electrons. The number of halogens is 1. The summed E-state index contributed by atoms with van der Waals surface area (Å²) in [5.74, 6) is 0.820. The molecule has 1 fully saturated rings. The van der Waals surface area contributed by atoms with Crippen molar-refractivity contribution in [2.24, 2.45) is 0 Å². The van der Waals surface area contributed by atoms with Crippen LogP contribution in [0.25, 0.3) is 0 Å². The molecule has 0 bridgehead atoms. The predicted molar refractivity (Wildman–Crippen MR) is 111 cm³/mol. The molecule has 7 heteroatoms. The third kappa shape index (κ3) is 4.64. The highest BCUT2D eigenvalue weighted by molar-refractivity contribution is 7.99. The second-order valence-electron chi connectivity index (χ2n) is 6.74. The normalized spacial score (nSPS) is 27.6. The van der Waals surface area contributed by atoms with E-state index in [4.69, 9.17) is 21.1 Å². The van der Waals surface area contributed by atoms with Gasteiger partial charge in [-0.15, -0.1) is 11.8 Å². The van der Waals surface area contributed by atoms with Crippen molar-refractivity contribution in [2.75, 3.05) is 12.9 Å². The molecular weight excluding hydrogens is 400 g/mol. The largest absolute Gasteiger partial charge is 0.494 e. The van der Waals surface area contributed by atoms with Gasteiger partial charge < -0.3 is 24.8 Å². The Morgan fingerprint density at radius 2 is 1.75 bits per heavy atom. The first-order chi connectivity index (χ1) is 13.4. The van der Waals surface area contributed by atoms with Crippen LogP contribution in [0.5, 0.6) is 5.75 Å². The molecule has 1 aliphatic heterocycles. The van der Waals surface area contributed by atoms with E-state index in [2.05, 4.69) is 0 Å². The van der Waals surface area contributed by atoms with Gasteiger partial charge in [0.05, 0.1) is 6.61 Å². The molecule has 0 aromatic heterocycles. The zero-order valence-corrected chi connectivity index (χ0v) is 17.4. The van der Waals surface area contributed by atoms with Gasteiger partial charge in [-0.25, -0.2) is 0 Å². The molecule has 2 aromatic carbocycles. The van der Waals surface area contributed by atoms with Crippen LogP contribution in [0.1, 0.15) is 29.7 Å². The average Bonchev–Trinajstić information content (AvgIpc) is 2.70. The van der Waals surface area contributed by atoms with Gasteiger partial charge in [0.1, 0.15) is 35.6 Å². The molecular formula is C21H25ClO5S. The van der Waals surface area contributed by atoms with Crippen LogP contribution in [0.4, 0.5) is 0 Å². The van der Waals surface area contributed by atoms with Crippen LogP contribution in [0.15, 0.2) is 42.5 Å². The van der Waals surface area contributed by atoms with Crippen molar-refractivity contribution in [1.29, 1.82) is 0 Å². The summed E-state index contributed by atoms with van der Waals surface area (Å²) in [6, 6.07) is 13.3. The fraction of sp³-hybridized carbons (Fsp3) is 0.429. The lowest BCUT2D eigenvalue weighted by Gasteiger charge is -2.40. The molecule has 5 nitrogen and oxygen atoms in total. The van der Waals surface area contributed by atoms with Crippen LogP contribution < -0.4 is 4.74 Å². The fourth-order valence-electron chi connectivity index (χ4n) is 3.32. The number of rotatable bonds is 6. The van der Waals surface area contributed by atoms with Gasteiger partial charge in [0.25, 0.3) is 0 Å². The fourth-order valence-corrected chi connectivity index (χ4v) is 4.17. The van der Waals surface area contributed by atoms with Crippen molar-refractivity contribution in [1.82, 2.24) is 0 Å². The van der Waals surface area contributed by atoms with Gasteiger partial charge in [-0.3, -0.25) is 0 Å². The molecule has 152 valence electrons. The van der Waals surface area contributed by atoms with Crippen molar-refractivity contribution in [3.63, 3.8) is 0 Å². The highest BCUT2D eigenvalue weighted by Gasteiger charge is 2.44. The van der Waals surface area contributed by atoms with E-state index in [0.29, 0.717) is 23.6 Å². The van der Waals surface area contributed by atoms with Crippen LogP contribution >= 0.6 is 23.4 Å². The predicted octanol–water partition coefficient (Wildman–Crippen LogP) is 3.17. The lowest BCUT2D eigenvalue weighted by Crippen LogP contribution is -2.52. The molecule has 3 N–H and O–H groups in total. The minimum atomic E-state index is -1.28. The van der Waals surface area contributed by atoms with Crippen LogP contribution in [0.2, 0.25) is 5.02 Å². The van der Waals surface area contributed by atoms with E-state index in [9.17, 15) is 15.3 Å². The molecule has 1 aliphatic rings. The third-order valence-electron chi connectivity index (χ3n) is 4.83. The van der Waals surface area contributed by atoms with Gasteiger partial charge in [-0.05, 0) is 54.5 Å². The monoisotopic (exact) mass is 424 g/mol. The summed E-state index contributed by atoms with van der Waals surface area (Å²) < 4.78 is 11.3. The topological polar surface area (TPSA) is 79.2 Å². The Morgan fingerprint density at radius 3 is 2.39 bits per heavy atom. The highest BCUT2D eigenvalue weighted by atomic mass is 35.5. The van der Waals surface area contributed by atoms with Gasteiger partial charge in [-0.2, -0.15) is 0 Å². The van der Waals surface area contributed by atoms with E-state index in [0.717, 1.165) is 16.9 Å². The number of benzene rings is 2. The van der Waals surface area contributed by atoms with E-state index in [1.54, 1.807) is 18.4 Å². The standard InChI is InChI=1S/C21H25ClO5S/c1-3-26-15-7-4-12(5-8-15)10-14-11-13(6-9-16(14)22)20-18(24)17(23)19(25)21(27-20)28-2/h4-9,11,17-21,23-25H,3,10H2,1-2H3/t17-,18-,19-,20+,21-/m1/s1. The minimum absolute atomic E-state index is 0.610. The Labute approximate surface area is 174 Å². The Hall–Kier alpha value is -1.28. The lowest BCUT2D eigenvalue weighted by molar-refractivity contribution is -0.200. The first-order valence-corrected chi connectivity index (χ1v) is 10.8. The smallest absolute Gasteiger partial charge is 0.132 e. The quantitative estimate of drug-likeness (QED) is 0.661. The highest BCUT2D eigenvalue weighted by Crippen LogP contribution is 2.37. The van der Waals surface area contributed by atoms with Gasteiger partial charge in [0, 0.05) is 5.02 Å². The Kier molecular flexibility index (Phi) is 7.25. The van der Waals surface area contributed by atoms with Gasteiger partial charge in [-0.1, -0.05) is 35.9 Å². The molecule has 1 saturated heterocycles. The van der Waals surface area contributed by atoms with E-state index < -0.39 is 29.9 Å². The average molecular weight is 425 g/mol. The molecule has 5 atom stereocenters. The van der Waals surface area contributed by atoms with Gasteiger partial charge in [0.15, 0.2) is 0 Å². The van der Waals surface area contributed by atoms with Crippen LogP contribution in [-0.4, -0.2) is 51.9 Å². The van der Waals surface area contributed by atoms with Gasteiger partial charge in [0.2, 0.25) is 0 Å². The molecule has 28 heavy (non-hydrogen) atoms. The molecule has 0 amide bonds. The summed E-state index contributed by atoms with van der Waals surface area (Å²) in [4.78, 5) is 0. The number of aliphatic hydroxyl groups excluding tert-OH is 3. The van der Waals surface area contributed by atoms with E-state index >= 15 is 0 Å². The number of aliphatic hydroxyl groups is 3. The summed E-state index contributed by atoms with van der Waals surface area (Å²) in [7, 11) is 0. The maximum absolute atomic E-state index is 10.4. The second kappa shape index (κ2) is 9.48. The summed E-state index contributed by atoms with van der Waals surface area (Å²) in [5.41, 5.74) is 2.06. The van der Waals surface area contributed by atoms with Crippen LogP contribution in [-0.2, 0) is 11.2 Å². The molecule has 0 saturated carbocycles. The van der Waals surface area contributed by atoms with Crippen LogP contribution in [0.3, 0.4) is 0 Å². The molecule has 0 unspecified atom stereocenters. The van der Waals surface area contributed by atoms with Crippen molar-refractivity contribution in [2.45, 2.75) is 43.2 Å². The Bertz CT molecular complexity index is 783. The van der Waals surface area contributed by atoms with Gasteiger partial charge >= 0.3 is 0 Å². The molecule has 0 spiro atoms. The summed E-state index contributed by atoms with van der Waals surface area (Å²) in [6.45, 7) is 2.56. The maximum Gasteiger partial charge on any atom is 0.132 e. The van der Waals surface area contributed by atoms with Crippen LogP contribution in [0, 0.1) is 0 Å². The zero-order chi connectivity index (χ0) is 20.3. The zero-order valence-electron chi connectivity index (χ0n) is 15.8. The minimum Gasteiger partial charge on any atom is -0.494 e. The summed E-state index contributed by atoms with van der Waals surface area (Å²) in [6.07, 6.45) is -1.99. The Balaban J connectivity index is 1.82. The van der Waals surface area contributed by atoms with Crippen molar-refractivity contribution < 1.29 is 24.8 Å². The molecule has 3 rings (SSSR count). The van der Waals surface area contributed by atoms with E-state index in [1.807, 2.05) is 37.3 Å². The molecule has 2 aromatic rings. The number of hydrogen-bond donors (Lipinski definition) is 3. The summed E-state index contributed by atoms with van der Waals surface area (Å²) >= 11 is 7.68. The number of hydrogen-bond acceptors (Lipinski definition) is 6. The van der Waals surface area contributed by atoms with E-state index in [1.165, 1.54) is 11.8 Å². The second-order valence-corrected chi connectivity index (χ2v) is 8.08. The Morgan fingerprint density at radius 1 is 1.04 bits per heavy atom. The number of ether oxygens (including phenoxy) is 2. The summed E-state index contributed by atoms with van der Waals surface area (Å²) in [5, 5.41) is 31.2. The first-order valence-electron chi connectivity index (χ1n) is 9.17. The molecule has 0 aliphatic carbocycles. The van der Waals surface area contributed by atoms with Crippen molar-refractivity contribution in [3.8, 4) is 5.75 Å².